The topological polar surface area (TPSA) is 53.9 Å². The third-order valence-electron chi connectivity index (χ3n) is 3.62. The molecule has 1 fully saturated rings. The van der Waals surface area contributed by atoms with Crippen LogP contribution in [0, 0.1) is 0 Å². The number of hydrogen-bond donors (Lipinski definition) is 1. The molecule has 2 aromatic heterocycles. The van der Waals surface area contributed by atoms with Crippen LogP contribution in [0.4, 0.5) is 11.6 Å². The highest BCUT2D eigenvalue weighted by atomic mass is 15.1. The summed E-state index contributed by atoms with van der Waals surface area (Å²) in [6.45, 7) is 2.23. The number of likely N-dealkylation sites (tertiary alicyclic amines) is 1. The zero-order chi connectivity index (χ0) is 13.8. The average molecular weight is 269 g/mol. The summed E-state index contributed by atoms with van der Waals surface area (Å²) < 4.78 is 0. The van der Waals surface area contributed by atoms with Crippen LogP contribution in [0.3, 0.4) is 0 Å². The molecule has 1 aliphatic heterocycles. The lowest BCUT2D eigenvalue weighted by Crippen LogP contribution is -2.31. The second-order valence-electron chi connectivity index (χ2n) is 5.27. The van der Waals surface area contributed by atoms with Gasteiger partial charge >= 0.3 is 0 Å². The Kier molecular flexibility index (Phi) is 3.87. The standard InChI is InChI=1S/C15H19N5/c1-20-8-4-5-12(11-20)13-9-16-10-15(18-13)19-14-6-2-3-7-17-14/h2-3,6-7,9-10,12H,4-5,8,11H2,1H3,(H,17,18,19). The molecule has 0 bridgehead atoms. The van der Waals surface area contributed by atoms with Gasteiger partial charge in [0.05, 0.1) is 11.9 Å². The summed E-state index contributed by atoms with van der Waals surface area (Å²) in [7, 11) is 2.16. The number of aromatic nitrogens is 3. The third kappa shape index (κ3) is 3.11. The van der Waals surface area contributed by atoms with E-state index in [0.717, 1.165) is 23.9 Å². The lowest BCUT2D eigenvalue weighted by molar-refractivity contribution is 0.248. The Morgan fingerprint density at radius 1 is 1.25 bits per heavy atom. The predicted molar refractivity (Wildman–Crippen MR) is 79.0 cm³/mol. The van der Waals surface area contributed by atoms with Crippen LogP contribution in [0.25, 0.3) is 0 Å². The maximum atomic E-state index is 4.69. The largest absolute Gasteiger partial charge is 0.324 e. The van der Waals surface area contributed by atoms with Gasteiger partial charge in [-0.2, -0.15) is 0 Å². The Morgan fingerprint density at radius 2 is 2.20 bits per heavy atom. The average Bonchev–Trinajstić information content (AvgIpc) is 2.49. The molecule has 3 heterocycles. The van der Waals surface area contributed by atoms with Gasteiger partial charge < -0.3 is 10.2 Å². The minimum Gasteiger partial charge on any atom is -0.324 e. The number of nitrogens with zero attached hydrogens (tertiary/aromatic N) is 4. The van der Waals surface area contributed by atoms with Crippen molar-refractivity contribution in [3.8, 4) is 0 Å². The number of nitrogens with one attached hydrogen (secondary N) is 1. The van der Waals surface area contributed by atoms with Gasteiger partial charge in [0.25, 0.3) is 0 Å². The monoisotopic (exact) mass is 269 g/mol. The van der Waals surface area contributed by atoms with Crippen molar-refractivity contribution in [2.45, 2.75) is 18.8 Å². The number of piperidine rings is 1. The van der Waals surface area contributed by atoms with Crippen molar-refractivity contribution in [3.05, 3.63) is 42.5 Å². The molecule has 1 N–H and O–H groups in total. The SMILES string of the molecule is CN1CCCC(c2cncc(Nc3ccccn3)n2)C1. The van der Waals surface area contributed by atoms with Gasteiger partial charge in [0.15, 0.2) is 0 Å². The highest BCUT2D eigenvalue weighted by Crippen LogP contribution is 2.25. The Bertz CT molecular complexity index is 557. The van der Waals surface area contributed by atoms with Crippen LogP contribution in [0.5, 0.6) is 0 Å². The summed E-state index contributed by atoms with van der Waals surface area (Å²) in [5.41, 5.74) is 1.07. The first kappa shape index (κ1) is 13.0. The van der Waals surface area contributed by atoms with Crippen molar-refractivity contribution in [1.29, 1.82) is 0 Å². The smallest absolute Gasteiger partial charge is 0.150 e. The lowest BCUT2D eigenvalue weighted by Gasteiger charge is -2.29. The first-order valence-electron chi connectivity index (χ1n) is 7.00. The summed E-state index contributed by atoms with van der Waals surface area (Å²) in [6.07, 6.45) is 7.79. The Balaban J connectivity index is 1.75. The highest BCUT2D eigenvalue weighted by molar-refractivity contribution is 5.50. The molecule has 2 aromatic rings. The maximum Gasteiger partial charge on any atom is 0.150 e. The zero-order valence-electron chi connectivity index (χ0n) is 11.7. The van der Waals surface area contributed by atoms with E-state index in [1.54, 1.807) is 12.4 Å². The first-order valence-corrected chi connectivity index (χ1v) is 7.00. The molecule has 1 saturated heterocycles. The summed E-state index contributed by atoms with van der Waals surface area (Å²) >= 11 is 0. The fraction of sp³-hybridized carbons (Fsp3) is 0.400. The van der Waals surface area contributed by atoms with Gasteiger partial charge in [-0.05, 0) is 38.6 Å². The number of likely N-dealkylation sites (N-methyl/N-ethyl adjacent to an activating group) is 1. The van der Waals surface area contributed by atoms with Crippen LogP contribution in [-0.2, 0) is 0 Å². The van der Waals surface area contributed by atoms with Crippen LogP contribution in [-0.4, -0.2) is 40.0 Å². The van der Waals surface area contributed by atoms with Crippen molar-refractivity contribution in [2.75, 3.05) is 25.5 Å². The predicted octanol–water partition coefficient (Wildman–Crippen LogP) is 2.42. The fourth-order valence-corrected chi connectivity index (χ4v) is 2.61. The van der Waals surface area contributed by atoms with Crippen molar-refractivity contribution in [1.82, 2.24) is 19.9 Å². The molecule has 104 valence electrons. The minimum atomic E-state index is 0.478. The van der Waals surface area contributed by atoms with Gasteiger partial charge in [0.2, 0.25) is 0 Å². The van der Waals surface area contributed by atoms with Gasteiger partial charge in [0, 0.05) is 24.9 Å². The summed E-state index contributed by atoms with van der Waals surface area (Å²) in [5, 5.41) is 3.20. The van der Waals surface area contributed by atoms with Crippen LogP contribution in [0.2, 0.25) is 0 Å². The fourth-order valence-electron chi connectivity index (χ4n) is 2.61. The van der Waals surface area contributed by atoms with Gasteiger partial charge in [-0.25, -0.2) is 9.97 Å². The van der Waals surface area contributed by atoms with Crippen LogP contribution < -0.4 is 5.32 Å². The van der Waals surface area contributed by atoms with E-state index in [4.69, 9.17) is 0 Å². The third-order valence-corrected chi connectivity index (χ3v) is 3.62. The molecule has 1 unspecified atom stereocenters. The van der Waals surface area contributed by atoms with E-state index in [9.17, 15) is 0 Å². The number of pyridine rings is 1. The van der Waals surface area contributed by atoms with Crippen molar-refractivity contribution in [2.24, 2.45) is 0 Å². The van der Waals surface area contributed by atoms with E-state index in [-0.39, 0.29) is 0 Å². The molecule has 0 radical (unpaired) electrons. The van der Waals surface area contributed by atoms with Gasteiger partial charge in [-0.1, -0.05) is 6.07 Å². The molecule has 20 heavy (non-hydrogen) atoms. The molecular weight excluding hydrogens is 250 g/mol. The van der Waals surface area contributed by atoms with Crippen LogP contribution in [0.15, 0.2) is 36.8 Å². The van der Waals surface area contributed by atoms with Crippen molar-refractivity contribution in [3.63, 3.8) is 0 Å². The van der Waals surface area contributed by atoms with Gasteiger partial charge in [-0.15, -0.1) is 0 Å². The zero-order valence-corrected chi connectivity index (χ0v) is 11.7. The molecule has 0 amide bonds. The summed E-state index contributed by atoms with van der Waals surface area (Å²) in [5.74, 6) is 2.03. The van der Waals surface area contributed by atoms with E-state index < -0.39 is 0 Å². The second-order valence-corrected chi connectivity index (χ2v) is 5.27. The van der Waals surface area contributed by atoms with E-state index in [0.29, 0.717) is 5.92 Å². The van der Waals surface area contributed by atoms with Gasteiger partial charge in [-0.3, -0.25) is 4.98 Å². The molecule has 1 aliphatic rings. The molecule has 0 aromatic carbocycles. The molecule has 0 saturated carbocycles. The summed E-state index contributed by atoms with van der Waals surface area (Å²) in [6, 6.07) is 5.76. The lowest BCUT2D eigenvalue weighted by atomic mass is 9.95. The number of rotatable bonds is 3. The molecular formula is C15H19N5. The van der Waals surface area contributed by atoms with E-state index in [1.165, 1.54) is 19.4 Å². The Hall–Kier alpha value is -2.01. The van der Waals surface area contributed by atoms with Crippen LogP contribution >= 0.6 is 0 Å². The van der Waals surface area contributed by atoms with Crippen LogP contribution in [0.1, 0.15) is 24.5 Å². The molecule has 1 atom stereocenters. The van der Waals surface area contributed by atoms with Crippen molar-refractivity contribution >= 4 is 11.6 Å². The second kappa shape index (κ2) is 5.96. The van der Waals surface area contributed by atoms with Gasteiger partial charge in [0.1, 0.15) is 11.6 Å². The Labute approximate surface area is 119 Å². The normalized spacial score (nSPS) is 19.8. The molecule has 5 nitrogen and oxygen atoms in total. The van der Waals surface area contributed by atoms with E-state index >= 15 is 0 Å². The molecule has 0 aliphatic carbocycles. The first-order chi connectivity index (χ1) is 9.81. The van der Waals surface area contributed by atoms with E-state index in [1.807, 2.05) is 24.4 Å². The molecule has 0 spiro atoms. The number of hydrogen-bond acceptors (Lipinski definition) is 5. The highest BCUT2D eigenvalue weighted by Gasteiger charge is 2.20. The molecule has 5 heteroatoms. The quantitative estimate of drug-likeness (QED) is 0.927. The Morgan fingerprint density at radius 3 is 3.00 bits per heavy atom. The minimum absolute atomic E-state index is 0.478. The molecule has 3 rings (SSSR count). The maximum absolute atomic E-state index is 4.69. The van der Waals surface area contributed by atoms with Crippen molar-refractivity contribution < 1.29 is 0 Å². The number of anilines is 2. The summed E-state index contributed by atoms with van der Waals surface area (Å²) in [4.78, 5) is 15.6. The van der Waals surface area contributed by atoms with E-state index in [2.05, 4.69) is 32.2 Å².